The highest BCUT2D eigenvalue weighted by Crippen LogP contribution is 2.16. The van der Waals surface area contributed by atoms with Gasteiger partial charge in [-0.3, -0.25) is 14.5 Å². The van der Waals surface area contributed by atoms with Gasteiger partial charge in [-0.2, -0.15) is 5.10 Å². The van der Waals surface area contributed by atoms with Crippen molar-refractivity contribution < 1.29 is 9.53 Å². The number of pyridine rings is 1. The summed E-state index contributed by atoms with van der Waals surface area (Å²) >= 11 is 0. The van der Waals surface area contributed by atoms with Crippen LogP contribution in [0.3, 0.4) is 0 Å². The van der Waals surface area contributed by atoms with Gasteiger partial charge >= 0.3 is 0 Å². The van der Waals surface area contributed by atoms with Crippen LogP contribution in [0.5, 0.6) is 0 Å². The molecule has 0 N–H and O–H groups in total. The maximum Gasteiger partial charge on any atom is 0.244 e. The number of piperidine rings is 1. The van der Waals surface area contributed by atoms with Gasteiger partial charge in [-0.1, -0.05) is 6.07 Å². The molecule has 0 atom stereocenters. The number of likely N-dealkylation sites (tertiary alicyclic amines) is 1. The number of rotatable bonds is 5. The second kappa shape index (κ2) is 7.37. The largest absolute Gasteiger partial charge is 0.373 e. The van der Waals surface area contributed by atoms with E-state index in [1.165, 1.54) is 0 Å². The molecule has 0 spiro atoms. The first-order valence-electron chi connectivity index (χ1n) is 7.99. The van der Waals surface area contributed by atoms with E-state index in [2.05, 4.69) is 10.1 Å². The molecular formula is C17H22N4O2. The van der Waals surface area contributed by atoms with Crippen molar-refractivity contribution in [3.8, 4) is 0 Å². The van der Waals surface area contributed by atoms with Crippen LogP contribution in [0, 0.1) is 6.92 Å². The molecule has 1 fully saturated rings. The average molecular weight is 314 g/mol. The Morgan fingerprint density at radius 1 is 1.30 bits per heavy atom. The molecule has 1 amide bonds. The topological polar surface area (TPSA) is 60.2 Å². The SMILES string of the molecule is Cc1ccnn1CC(=O)N1CCC(OCc2cccnc2)CC1. The molecule has 2 aromatic heterocycles. The molecule has 3 rings (SSSR count). The van der Waals surface area contributed by atoms with Crippen LogP contribution in [0.25, 0.3) is 0 Å². The van der Waals surface area contributed by atoms with Gasteiger partial charge in [-0.25, -0.2) is 0 Å². The summed E-state index contributed by atoms with van der Waals surface area (Å²) in [4.78, 5) is 18.3. The summed E-state index contributed by atoms with van der Waals surface area (Å²) in [5.74, 6) is 0.127. The number of nitrogens with zero attached hydrogens (tertiary/aromatic N) is 4. The maximum atomic E-state index is 12.3. The van der Waals surface area contributed by atoms with Crippen LogP contribution < -0.4 is 0 Å². The Morgan fingerprint density at radius 3 is 2.78 bits per heavy atom. The third-order valence-corrected chi connectivity index (χ3v) is 4.22. The summed E-state index contributed by atoms with van der Waals surface area (Å²) < 4.78 is 7.67. The van der Waals surface area contributed by atoms with E-state index < -0.39 is 0 Å². The highest BCUT2D eigenvalue weighted by atomic mass is 16.5. The number of hydrogen-bond acceptors (Lipinski definition) is 4. The van der Waals surface area contributed by atoms with E-state index in [0.717, 1.165) is 37.2 Å². The number of aryl methyl sites for hydroxylation is 1. The zero-order valence-electron chi connectivity index (χ0n) is 13.4. The first-order chi connectivity index (χ1) is 11.2. The van der Waals surface area contributed by atoms with Crippen molar-refractivity contribution in [1.29, 1.82) is 0 Å². The minimum atomic E-state index is 0.127. The molecule has 1 saturated heterocycles. The molecule has 0 bridgehead atoms. The summed E-state index contributed by atoms with van der Waals surface area (Å²) in [6.07, 6.45) is 7.28. The van der Waals surface area contributed by atoms with Gasteiger partial charge < -0.3 is 9.64 Å². The van der Waals surface area contributed by atoms with E-state index in [1.807, 2.05) is 36.2 Å². The average Bonchev–Trinajstić information content (AvgIpc) is 2.99. The Morgan fingerprint density at radius 2 is 2.13 bits per heavy atom. The summed E-state index contributed by atoms with van der Waals surface area (Å²) in [5.41, 5.74) is 2.09. The van der Waals surface area contributed by atoms with E-state index in [-0.39, 0.29) is 12.0 Å². The molecule has 2 aromatic rings. The number of carbonyl (C=O) groups is 1. The number of carbonyl (C=O) groups excluding carboxylic acids is 1. The van der Waals surface area contributed by atoms with Crippen molar-refractivity contribution >= 4 is 5.91 Å². The second-order valence-corrected chi connectivity index (χ2v) is 5.88. The smallest absolute Gasteiger partial charge is 0.244 e. The minimum absolute atomic E-state index is 0.127. The first kappa shape index (κ1) is 15.7. The lowest BCUT2D eigenvalue weighted by molar-refractivity contribution is -0.134. The van der Waals surface area contributed by atoms with Gasteiger partial charge in [0.15, 0.2) is 0 Å². The molecular weight excluding hydrogens is 292 g/mol. The Kier molecular flexibility index (Phi) is 5.02. The normalized spacial score (nSPS) is 15.8. The van der Waals surface area contributed by atoms with Crippen molar-refractivity contribution in [3.63, 3.8) is 0 Å². The van der Waals surface area contributed by atoms with Crippen LogP contribution in [-0.2, 0) is 22.7 Å². The maximum absolute atomic E-state index is 12.3. The van der Waals surface area contributed by atoms with E-state index in [4.69, 9.17) is 4.74 Å². The number of amides is 1. The van der Waals surface area contributed by atoms with Gasteiger partial charge in [0.25, 0.3) is 0 Å². The Hall–Kier alpha value is -2.21. The summed E-state index contributed by atoms with van der Waals surface area (Å²) in [7, 11) is 0. The van der Waals surface area contributed by atoms with Crippen LogP contribution in [0.1, 0.15) is 24.1 Å². The number of hydrogen-bond donors (Lipinski definition) is 0. The lowest BCUT2D eigenvalue weighted by atomic mass is 10.1. The first-order valence-corrected chi connectivity index (χ1v) is 7.99. The van der Waals surface area contributed by atoms with E-state index in [1.54, 1.807) is 17.1 Å². The number of aromatic nitrogens is 3. The molecule has 0 aliphatic carbocycles. The Bertz CT molecular complexity index is 633. The molecule has 6 heteroatoms. The zero-order chi connectivity index (χ0) is 16.1. The van der Waals surface area contributed by atoms with Crippen molar-refractivity contribution in [3.05, 3.63) is 48.0 Å². The molecule has 23 heavy (non-hydrogen) atoms. The predicted molar refractivity (Wildman–Crippen MR) is 85.6 cm³/mol. The third kappa shape index (κ3) is 4.16. The van der Waals surface area contributed by atoms with Crippen LogP contribution in [0.2, 0.25) is 0 Å². The van der Waals surface area contributed by atoms with Gasteiger partial charge in [0.2, 0.25) is 5.91 Å². The van der Waals surface area contributed by atoms with Crippen molar-refractivity contribution in [1.82, 2.24) is 19.7 Å². The number of ether oxygens (including phenoxy) is 1. The van der Waals surface area contributed by atoms with E-state index in [9.17, 15) is 4.79 Å². The van der Waals surface area contributed by atoms with Crippen molar-refractivity contribution in [2.45, 2.75) is 39.0 Å². The van der Waals surface area contributed by atoms with E-state index in [0.29, 0.717) is 13.2 Å². The molecule has 6 nitrogen and oxygen atoms in total. The van der Waals surface area contributed by atoms with Gasteiger partial charge in [-0.05, 0) is 37.5 Å². The minimum Gasteiger partial charge on any atom is -0.373 e. The highest BCUT2D eigenvalue weighted by Gasteiger charge is 2.23. The lowest BCUT2D eigenvalue weighted by Gasteiger charge is -2.32. The molecule has 0 saturated carbocycles. The van der Waals surface area contributed by atoms with Crippen LogP contribution in [0.15, 0.2) is 36.8 Å². The Balaban J connectivity index is 1.43. The van der Waals surface area contributed by atoms with Crippen LogP contribution in [0.4, 0.5) is 0 Å². The molecule has 3 heterocycles. The quantitative estimate of drug-likeness (QED) is 0.844. The van der Waals surface area contributed by atoms with E-state index >= 15 is 0 Å². The fourth-order valence-electron chi connectivity index (χ4n) is 2.76. The second-order valence-electron chi connectivity index (χ2n) is 5.88. The standard InChI is InChI=1S/C17H22N4O2/c1-14-4-8-19-21(14)12-17(22)20-9-5-16(6-10-20)23-13-15-3-2-7-18-11-15/h2-4,7-8,11,16H,5-6,9-10,12-13H2,1H3. The van der Waals surface area contributed by atoms with Crippen LogP contribution in [-0.4, -0.2) is 44.8 Å². The third-order valence-electron chi connectivity index (χ3n) is 4.22. The molecule has 122 valence electrons. The predicted octanol–water partition coefficient (Wildman–Crippen LogP) is 1.79. The fraction of sp³-hybridized carbons (Fsp3) is 0.471. The zero-order valence-corrected chi connectivity index (χ0v) is 13.4. The van der Waals surface area contributed by atoms with Crippen molar-refractivity contribution in [2.24, 2.45) is 0 Å². The summed E-state index contributed by atoms with van der Waals surface area (Å²) in [6.45, 7) is 4.35. The van der Waals surface area contributed by atoms with Gasteiger partial charge in [0.1, 0.15) is 6.54 Å². The molecule has 1 aliphatic rings. The molecule has 0 radical (unpaired) electrons. The van der Waals surface area contributed by atoms with Gasteiger partial charge in [0, 0.05) is 37.4 Å². The van der Waals surface area contributed by atoms with Gasteiger partial charge in [0.05, 0.1) is 12.7 Å². The monoisotopic (exact) mass is 314 g/mol. The summed E-state index contributed by atoms with van der Waals surface area (Å²) in [6, 6.07) is 5.83. The van der Waals surface area contributed by atoms with Gasteiger partial charge in [-0.15, -0.1) is 0 Å². The fourth-order valence-corrected chi connectivity index (χ4v) is 2.76. The molecule has 0 aromatic carbocycles. The molecule has 0 unspecified atom stereocenters. The van der Waals surface area contributed by atoms with Crippen molar-refractivity contribution in [2.75, 3.05) is 13.1 Å². The highest BCUT2D eigenvalue weighted by molar-refractivity contribution is 5.76. The lowest BCUT2D eigenvalue weighted by Crippen LogP contribution is -2.42. The summed E-state index contributed by atoms with van der Waals surface area (Å²) in [5, 5.41) is 4.17. The Labute approximate surface area is 136 Å². The molecule has 1 aliphatic heterocycles. The van der Waals surface area contributed by atoms with Crippen LogP contribution >= 0.6 is 0 Å².